The van der Waals surface area contributed by atoms with E-state index in [0.717, 1.165) is 22.4 Å². The minimum Gasteiger partial charge on any atom is -0.491 e. The summed E-state index contributed by atoms with van der Waals surface area (Å²) in [5.41, 5.74) is 5.17. The van der Waals surface area contributed by atoms with Crippen LogP contribution in [0, 0.1) is 0 Å². The van der Waals surface area contributed by atoms with Crippen molar-refractivity contribution in [2.45, 2.75) is 5.92 Å². The van der Waals surface area contributed by atoms with Crippen LogP contribution in [0.4, 0.5) is 0 Å². The number of ketones is 1. The van der Waals surface area contributed by atoms with Crippen molar-refractivity contribution in [2.75, 3.05) is 13.2 Å². The van der Waals surface area contributed by atoms with Gasteiger partial charge in [0.15, 0.2) is 5.78 Å². The molecule has 33 heavy (non-hydrogen) atoms. The molecule has 1 N–H and O–H groups in total. The van der Waals surface area contributed by atoms with E-state index >= 15 is 0 Å². The molecule has 0 bridgehead atoms. The number of rotatable bonds is 9. The summed E-state index contributed by atoms with van der Waals surface area (Å²) in [5, 5.41) is 8.97. The van der Waals surface area contributed by atoms with Crippen LogP contribution >= 0.6 is 0 Å². The topological polar surface area (TPSA) is 46.5 Å². The van der Waals surface area contributed by atoms with Crippen LogP contribution < -0.4 is 4.74 Å². The Bertz CT molecular complexity index is 1180. The smallest absolute Gasteiger partial charge is 0.185 e. The Labute approximate surface area is 194 Å². The minimum absolute atomic E-state index is 0.00781. The number of hydrogen-bond acceptors (Lipinski definition) is 3. The van der Waals surface area contributed by atoms with Crippen molar-refractivity contribution in [3.05, 3.63) is 143 Å². The van der Waals surface area contributed by atoms with Crippen molar-refractivity contribution in [1.82, 2.24) is 0 Å². The van der Waals surface area contributed by atoms with Gasteiger partial charge in [0.05, 0.1) is 6.61 Å². The first-order chi connectivity index (χ1) is 16.2. The first-order valence-corrected chi connectivity index (χ1v) is 11.0. The highest BCUT2D eigenvalue weighted by Gasteiger charge is 2.16. The van der Waals surface area contributed by atoms with E-state index in [1.165, 1.54) is 5.56 Å². The van der Waals surface area contributed by atoms with Crippen LogP contribution in [0.5, 0.6) is 5.75 Å². The standard InChI is InChI=1S/C30H26O3/c31-21-22-33-28-18-16-27(17-19-28)30(25-9-5-2-6-10-25)26-14-11-23(12-15-26)13-20-29(32)24-7-3-1-4-8-24/h1-20,30-31H,21-22H2. The monoisotopic (exact) mass is 434 g/mol. The highest BCUT2D eigenvalue weighted by molar-refractivity contribution is 6.06. The molecule has 4 aromatic rings. The van der Waals surface area contributed by atoms with Gasteiger partial charge in [-0.25, -0.2) is 0 Å². The number of aliphatic hydroxyl groups is 1. The largest absolute Gasteiger partial charge is 0.491 e. The molecule has 0 heterocycles. The Hall–Kier alpha value is -3.95. The number of aliphatic hydroxyl groups excluding tert-OH is 1. The van der Waals surface area contributed by atoms with Crippen LogP contribution in [-0.2, 0) is 0 Å². The molecule has 0 radical (unpaired) electrons. The third-order valence-corrected chi connectivity index (χ3v) is 5.46. The zero-order valence-corrected chi connectivity index (χ0v) is 18.3. The van der Waals surface area contributed by atoms with Gasteiger partial charge in [0.2, 0.25) is 0 Å². The molecular weight excluding hydrogens is 408 g/mol. The van der Waals surface area contributed by atoms with Crippen LogP contribution in [0.3, 0.4) is 0 Å². The molecule has 1 unspecified atom stereocenters. The quantitative estimate of drug-likeness (QED) is 0.196. The van der Waals surface area contributed by atoms with Crippen LogP contribution in [0.15, 0.2) is 115 Å². The third kappa shape index (κ3) is 5.85. The first kappa shape index (κ1) is 22.3. The van der Waals surface area contributed by atoms with Gasteiger partial charge in [-0.15, -0.1) is 0 Å². The molecule has 0 saturated carbocycles. The third-order valence-electron chi connectivity index (χ3n) is 5.46. The van der Waals surface area contributed by atoms with Crippen molar-refractivity contribution < 1.29 is 14.6 Å². The van der Waals surface area contributed by atoms with E-state index in [1.807, 2.05) is 78.9 Å². The van der Waals surface area contributed by atoms with E-state index in [0.29, 0.717) is 5.56 Å². The summed E-state index contributed by atoms with van der Waals surface area (Å²) in [7, 11) is 0. The van der Waals surface area contributed by atoms with Crippen LogP contribution in [-0.4, -0.2) is 24.1 Å². The molecule has 3 heteroatoms. The maximum Gasteiger partial charge on any atom is 0.185 e. The molecule has 0 aromatic heterocycles. The fraction of sp³-hybridized carbons (Fsp3) is 0.100. The lowest BCUT2D eigenvalue weighted by atomic mass is 9.85. The van der Waals surface area contributed by atoms with Gasteiger partial charge in [0.1, 0.15) is 12.4 Å². The van der Waals surface area contributed by atoms with Crippen LogP contribution in [0.1, 0.15) is 38.5 Å². The minimum atomic E-state index is -0.00894. The van der Waals surface area contributed by atoms with Gasteiger partial charge in [-0.3, -0.25) is 4.79 Å². The predicted octanol–water partition coefficient (Wildman–Crippen LogP) is 6.13. The van der Waals surface area contributed by atoms with E-state index < -0.39 is 0 Å². The summed E-state index contributed by atoms with van der Waals surface area (Å²) in [6, 6.07) is 36.0. The van der Waals surface area contributed by atoms with Crippen molar-refractivity contribution in [3.63, 3.8) is 0 Å². The molecule has 0 saturated heterocycles. The Morgan fingerprint density at radius 2 is 1.27 bits per heavy atom. The molecule has 0 fully saturated rings. The SMILES string of the molecule is O=C(C=Cc1ccc(C(c2ccccc2)c2ccc(OCCO)cc2)cc1)c1ccccc1. The van der Waals surface area contributed by atoms with E-state index in [-0.39, 0.29) is 24.9 Å². The molecule has 0 aliphatic heterocycles. The van der Waals surface area contributed by atoms with Crippen LogP contribution in [0.25, 0.3) is 6.08 Å². The van der Waals surface area contributed by atoms with E-state index in [1.54, 1.807) is 6.08 Å². The first-order valence-electron chi connectivity index (χ1n) is 11.0. The number of carbonyl (C=O) groups excluding carboxylic acids is 1. The Balaban J connectivity index is 1.57. The van der Waals surface area contributed by atoms with Crippen molar-refractivity contribution in [3.8, 4) is 5.75 Å². The number of benzene rings is 4. The van der Waals surface area contributed by atoms with Gasteiger partial charge in [-0.2, -0.15) is 0 Å². The Morgan fingerprint density at radius 3 is 1.88 bits per heavy atom. The molecular formula is C30H26O3. The molecule has 3 nitrogen and oxygen atoms in total. The average molecular weight is 435 g/mol. The summed E-state index contributed by atoms with van der Waals surface area (Å²) in [6.45, 7) is 0.273. The second-order valence-electron chi connectivity index (χ2n) is 7.72. The summed E-state index contributed by atoms with van der Waals surface area (Å²) in [4.78, 5) is 12.3. The molecule has 0 aliphatic carbocycles. The predicted molar refractivity (Wildman–Crippen MR) is 133 cm³/mol. The fourth-order valence-corrected chi connectivity index (χ4v) is 3.81. The molecule has 164 valence electrons. The second-order valence-corrected chi connectivity index (χ2v) is 7.72. The summed E-state index contributed by atoms with van der Waals surface area (Å²) < 4.78 is 5.51. The zero-order valence-electron chi connectivity index (χ0n) is 18.3. The Kier molecular flexibility index (Phi) is 7.47. The van der Waals surface area contributed by atoms with Gasteiger partial charge >= 0.3 is 0 Å². The second kappa shape index (κ2) is 11.1. The lowest BCUT2D eigenvalue weighted by molar-refractivity contribution is 0.104. The van der Waals surface area contributed by atoms with E-state index in [4.69, 9.17) is 9.84 Å². The molecule has 4 rings (SSSR count). The maximum atomic E-state index is 12.3. The normalized spacial score (nSPS) is 11.9. The van der Waals surface area contributed by atoms with E-state index in [9.17, 15) is 4.79 Å². The highest BCUT2D eigenvalue weighted by Crippen LogP contribution is 2.33. The molecule has 0 spiro atoms. The lowest BCUT2D eigenvalue weighted by Crippen LogP contribution is -2.04. The van der Waals surface area contributed by atoms with Crippen molar-refractivity contribution in [1.29, 1.82) is 0 Å². The van der Waals surface area contributed by atoms with Gasteiger partial charge in [0.25, 0.3) is 0 Å². The number of ether oxygens (including phenoxy) is 1. The lowest BCUT2D eigenvalue weighted by Gasteiger charge is -2.19. The Morgan fingerprint density at radius 1 is 0.727 bits per heavy atom. The molecule has 0 aliphatic rings. The van der Waals surface area contributed by atoms with Gasteiger partial charge in [-0.1, -0.05) is 103 Å². The zero-order chi connectivity index (χ0) is 22.9. The summed E-state index contributed by atoms with van der Waals surface area (Å²) in [5.74, 6) is 0.801. The van der Waals surface area contributed by atoms with Gasteiger partial charge in [0, 0.05) is 11.5 Å². The van der Waals surface area contributed by atoms with Gasteiger partial charge in [-0.05, 0) is 40.5 Å². The maximum absolute atomic E-state index is 12.3. The van der Waals surface area contributed by atoms with Crippen molar-refractivity contribution in [2.24, 2.45) is 0 Å². The summed E-state index contributed by atoms with van der Waals surface area (Å²) in [6.07, 6.45) is 3.47. The van der Waals surface area contributed by atoms with E-state index in [2.05, 4.69) is 36.4 Å². The molecule has 1 atom stereocenters. The van der Waals surface area contributed by atoms with Crippen molar-refractivity contribution >= 4 is 11.9 Å². The molecule has 0 amide bonds. The number of carbonyl (C=O) groups is 1. The number of hydrogen-bond donors (Lipinski definition) is 1. The molecule has 4 aromatic carbocycles. The number of allylic oxidation sites excluding steroid dienone is 1. The average Bonchev–Trinajstić information content (AvgIpc) is 2.89. The highest BCUT2D eigenvalue weighted by atomic mass is 16.5. The van der Waals surface area contributed by atoms with Crippen LogP contribution in [0.2, 0.25) is 0 Å². The fourth-order valence-electron chi connectivity index (χ4n) is 3.81. The van der Waals surface area contributed by atoms with Gasteiger partial charge < -0.3 is 9.84 Å². The summed E-state index contributed by atoms with van der Waals surface area (Å²) >= 11 is 0.